The SMILES string of the molecule is CC/C=C(\C)NC(=O)/C(OCC1(COC(C)=O)CC1)=C(/C)C=N. The van der Waals surface area contributed by atoms with Crippen LogP contribution in [0.25, 0.3) is 0 Å². The minimum Gasteiger partial charge on any atom is -0.487 e. The van der Waals surface area contributed by atoms with E-state index in [-0.39, 0.29) is 23.1 Å². The molecule has 6 nitrogen and oxygen atoms in total. The van der Waals surface area contributed by atoms with Crippen LogP contribution >= 0.6 is 0 Å². The van der Waals surface area contributed by atoms with E-state index in [4.69, 9.17) is 14.9 Å². The van der Waals surface area contributed by atoms with Gasteiger partial charge in [0.25, 0.3) is 5.91 Å². The highest BCUT2D eigenvalue weighted by Gasteiger charge is 2.45. The predicted octanol–water partition coefficient (Wildman–Crippen LogP) is 2.70. The zero-order valence-electron chi connectivity index (χ0n) is 14.3. The first-order valence-electron chi connectivity index (χ1n) is 7.79. The van der Waals surface area contributed by atoms with E-state index in [0.717, 1.165) is 31.2 Å². The third kappa shape index (κ3) is 6.26. The third-order valence-corrected chi connectivity index (χ3v) is 3.66. The molecule has 23 heavy (non-hydrogen) atoms. The molecule has 2 N–H and O–H groups in total. The molecule has 1 saturated carbocycles. The van der Waals surface area contributed by atoms with Crippen molar-refractivity contribution in [1.82, 2.24) is 5.32 Å². The van der Waals surface area contributed by atoms with Crippen LogP contribution in [0.5, 0.6) is 0 Å². The van der Waals surface area contributed by atoms with Crippen LogP contribution in [0.2, 0.25) is 0 Å². The topological polar surface area (TPSA) is 88.5 Å². The number of esters is 1. The fraction of sp³-hybridized carbons (Fsp3) is 0.588. The number of amides is 1. The van der Waals surface area contributed by atoms with Gasteiger partial charge in [0, 0.05) is 29.8 Å². The summed E-state index contributed by atoms with van der Waals surface area (Å²) in [5, 5.41) is 10.1. The highest BCUT2D eigenvalue weighted by molar-refractivity contribution is 5.98. The van der Waals surface area contributed by atoms with E-state index in [1.54, 1.807) is 6.92 Å². The molecular weight excluding hydrogens is 296 g/mol. The van der Waals surface area contributed by atoms with E-state index in [2.05, 4.69) is 5.32 Å². The summed E-state index contributed by atoms with van der Waals surface area (Å²) in [7, 11) is 0. The molecule has 0 atom stereocenters. The smallest absolute Gasteiger partial charge is 0.302 e. The van der Waals surface area contributed by atoms with Gasteiger partial charge in [-0.05, 0) is 33.1 Å². The molecule has 1 fully saturated rings. The largest absolute Gasteiger partial charge is 0.487 e. The molecule has 0 aliphatic heterocycles. The van der Waals surface area contributed by atoms with E-state index >= 15 is 0 Å². The molecule has 0 unspecified atom stereocenters. The second kappa shape index (κ2) is 8.50. The molecule has 6 heteroatoms. The van der Waals surface area contributed by atoms with Crippen molar-refractivity contribution < 1.29 is 19.1 Å². The maximum absolute atomic E-state index is 12.3. The Morgan fingerprint density at radius 3 is 2.26 bits per heavy atom. The fourth-order valence-corrected chi connectivity index (χ4v) is 2.00. The van der Waals surface area contributed by atoms with Crippen molar-refractivity contribution >= 4 is 18.1 Å². The molecule has 0 aromatic carbocycles. The molecule has 0 radical (unpaired) electrons. The van der Waals surface area contributed by atoms with Gasteiger partial charge in [-0.2, -0.15) is 0 Å². The minimum absolute atomic E-state index is 0.137. The first-order valence-corrected chi connectivity index (χ1v) is 7.79. The molecule has 0 heterocycles. The molecular formula is C17H26N2O4. The summed E-state index contributed by atoms with van der Waals surface area (Å²) < 4.78 is 10.7. The number of hydrogen-bond acceptors (Lipinski definition) is 5. The van der Waals surface area contributed by atoms with Gasteiger partial charge in [-0.3, -0.25) is 9.59 Å². The second-order valence-corrected chi connectivity index (χ2v) is 5.97. The molecule has 1 aliphatic rings. The van der Waals surface area contributed by atoms with Gasteiger partial charge in [-0.25, -0.2) is 0 Å². The lowest BCUT2D eigenvalue weighted by atomic mass is 10.1. The standard InChI is InChI=1S/C17H26N2O4/c1-5-6-13(3)19-16(21)15(12(2)9-18)23-11-17(7-8-17)10-22-14(4)20/h6,9,18H,5,7-8,10-11H2,1-4H3,(H,19,21)/b13-6+,15-12+,18-9?. The van der Waals surface area contributed by atoms with Crippen molar-refractivity contribution in [2.45, 2.75) is 47.0 Å². The lowest BCUT2D eigenvalue weighted by molar-refractivity contribution is -0.143. The van der Waals surface area contributed by atoms with Crippen LogP contribution in [0.15, 0.2) is 23.1 Å². The summed E-state index contributed by atoms with van der Waals surface area (Å²) >= 11 is 0. The molecule has 128 valence electrons. The van der Waals surface area contributed by atoms with Crippen LogP contribution in [0, 0.1) is 10.8 Å². The van der Waals surface area contributed by atoms with Gasteiger partial charge in [0.1, 0.15) is 6.61 Å². The lowest BCUT2D eigenvalue weighted by Crippen LogP contribution is -2.28. The van der Waals surface area contributed by atoms with E-state index in [1.807, 2.05) is 19.9 Å². The Morgan fingerprint density at radius 1 is 1.17 bits per heavy atom. The average molecular weight is 322 g/mol. The molecule has 0 aromatic heterocycles. The summed E-state index contributed by atoms with van der Waals surface area (Å²) in [6.45, 7) is 7.42. The Hall–Kier alpha value is -2.11. The van der Waals surface area contributed by atoms with Gasteiger partial charge in [0.05, 0.1) is 6.61 Å². The van der Waals surface area contributed by atoms with Crippen molar-refractivity contribution in [2.24, 2.45) is 5.41 Å². The van der Waals surface area contributed by atoms with Crippen LogP contribution in [-0.2, 0) is 19.1 Å². The molecule has 0 aromatic rings. The van der Waals surface area contributed by atoms with Gasteiger partial charge in [0.15, 0.2) is 5.76 Å². The Kier molecular flexibility index (Phi) is 7.00. The van der Waals surface area contributed by atoms with E-state index in [1.165, 1.54) is 6.92 Å². The van der Waals surface area contributed by atoms with Crippen LogP contribution in [0.3, 0.4) is 0 Å². The highest BCUT2D eigenvalue weighted by atomic mass is 16.5. The van der Waals surface area contributed by atoms with E-state index < -0.39 is 0 Å². The lowest BCUT2D eigenvalue weighted by Gasteiger charge is -2.18. The van der Waals surface area contributed by atoms with Crippen molar-refractivity contribution in [2.75, 3.05) is 13.2 Å². The van der Waals surface area contributed by atoms with Gasteiger partial charge in [-0.1, -0.05) is 13.0 Å². The maximum Gasteiger partial charge on any atom is 0.302 e. The van der Waals surface area contributed by atoms with Crippen LogP contribution in [-0.4, -0.2) is 31.3 Å². The summed E-state index contributed by atoms with van der Waals surface area (Å²) in [6, 6.07) is 0. The van der Waals surface area contributed by atoms with Gasteiger partial charge in [0.2, 0.25) is 0 Å². The highest BCUT2D eigenvalue weighted by Crippen LogP contribution is 2.46. The molecule has 1 rings (SSSR count). The van der Waals surface area contributed by atoms with Crippen LogP contribution in [0.4, 0.5) is 0 Å². The Morgan fingerprint density at radius 2 is 1.78 bits per heavy atom. The van der Waals surface area contributed by atoms with E-state index in [9.17, 15) is 9.59 Å². The van der Waals surface area contributed by atoms with Crippen LogP contribution in [0.1, 0.15) is 47.0 Å². The summed E-state index contributed by atoms with van der Waals surface area (Å²) in [6.07, 6.45) is 5.61. The normalized spacial score (nSPS) is 17.0. The molecule has 0 bridgehead atoms. The van der Waals surface area contributed by atoms with Crippen molar-refractivity contribution in [3.05, 3.63) is 23.1 Å². The number of hydrogen-bond donors (Lipinski definition) is 2. The number of carbonyl (C=O) groups is 2. The molecule has 1 aliphatic carbocycles. The van der Waals surface area contributed by atoms with Gasteiger partial charge >= 0.3 is 5.97 Å². The van der Waals surface area contributed by atoms with Crippen molar-refractivity contribution in [3.8, 4) is 0 Å². The summed E-state index contributed by atoms with van der Waals surface area (Å²) in [4.78, 5) is 23.2. The monoisotopic (exact) mass is 322 g/mol. The minimum atomic E-state index is -0.364. The number of allylic oxidation sites excluding steroid dienone is 3. The Labute approximate surface area is 137 Å². The zero-order valence-corrected chi connectivity index (χ0v) is 14.3. The quantitative estimate of drug-likeness (QED) is 0.296. The number of rotatable bonds is 9. The Bertz CT molecular complexity index is 531. The third-order valence-electron chi connectivity index (χ3n) is 3.66. The Balaban J connectivity index is 2.70. The van der Waals surface area contributed by atoms with Gasteiger partial charge in [-0.15, -0.1) is 0 Å². The molecule has 1 amide bonds. The van der Waals surface area contributed by atoms with E-state index in [0.29, 0.717) is 18.8 Å². The first kappa shape index (κ1) is 18.9. The fourth-order valence-electron chi connectivity index (χ4n) is 2.00. The molecule has 0 spiro atoms. The summed E-state index contributed by atoms with van der Waals surface area (Å²) in [5.74, 6) is -0.546. The van der Waals surface area contributed by atoms with Crippen molar-refractivity contribution in [3.63, 3.8) is 0 Å². The molecule has 0 saturated heterocycles. The van der Waals surface area contributed by atoms with Gasteiger partial charge < -0.3 is 20.2 Å². The van der Waals surface area contributed by atoms with Crippen LogP contribution < -0.4 is 5.32 Å². The predicted molar refractivity (Wildman–Crippen MR) is 87.9 cm³/mol. The first-order chi connectivity index (χ1) is 10.8. The second-order valence-electron chi connectivity index (χ2n) is 5.97. The summed E-state index contributed by atoms with van der Waals surface area (Å²) in [5.41, 5.74) is 1.00. The number of ether oxygens (including phenoxy) is 2. The number of carbonyl (C=O) groups excluding carboxylic acids is 2. The average Bonchev–Trinajstić information content (AvgIpc) is 3.25. The zero-order chi connectivity index (χ0) is 17.5. The number of nitrogens with one attached hydrogen (secondary N) is 2. The van der Waals surface area contributed by atoms with Crippen molar-refractivity contribution in [1.29, 1.82) is 5.41 Å². The maximum atomic E-state index is 12.3.